The fourth-order valence-corrected chi connectivity index (χ4v) is 2.39. The van der Waals surface area contributed by atoms with E-state index in [1.54, 1.807) is 0 Å². The van der Waals surface area contributed by atoms with Gasteiger partial charge in [-0.05, 0) is 0 Å². The summed E-state index contributed by atoms with van der Waals surface area (Å²) in [6, 6.07) is 0. The number of hydrogen-bond donors (Lipinski definition) is 4. The van der Waals surface area contributed by atoms with Gasteiger partial charge < -0.3 is 20.7 Å². The molecule has 2 aromatic rings. The largest absolute Gasteiger partial charge is 0.392 e. The number of aromatic nitrogens is 4. The van der Waals surface area contributed by atoms with E-state index in [0.29, 0.717) is 0 Å². The van der Waals surface area contributed by atoms with Crippen LogP contribution >= 0.6 is 0 Å². The molecule has 1 aliphatic heterocycles. The molecule has 21 heavy (non-hydrogen) atoms. The minimum Gasteiger partial charge on any atom is -0.392 e. The van der Waals surface area contributed by atoms with Crippen LogP contribution in [0.3, 0.4) is 0 Å². The minimum atomic E-state index is -1.48. The third-order valence-corrected chi connectivity index (χ3v) is 3.55. The molecule has 110 valence electrons. The van der Waals surface area contributed by atoms with Crippen LogP contribution in [0.4, 0.5) is 5.95 Å². The molecular weight excluding hydrogens is 278 g/mol. The molecule has 3 rings (SSSR count). The number of nitrogens with zero attached hydrogens (tertiary/aromatic N) is 3. The van der Waals surface area contributed by atoms with Crippen molar-refractivity contribution in [3.63, 3.8) is 0 Å². The maximum Gasteiger partial charge on any atom is 0.280 e. The Kier molecular flexibility index (Phi) is 2.94. The van der Waals surface area contributed by atoms with Crippen LogP contribution in [0.15, 0.2) is 11.1 Å². The van der Waals surface area contributed by atoms with Crippen LogP contribution in [0.1, 0.15) is 12.6 Å². The number of ether oxygens (including phenoxy) is 1. The van der Waals surface area contributed by atoms with Crippen molar-refractivity contribution in [3.05, 3.63) is 16.7 Å². The second-order valence-electron chi connectivity index (χ2n) is 4.79. The summed E-state index contributed by atoms with van der Waals surface area (Å²) in [4.78, 5) is 22.0. The Morgan fingerprint density at radius 3 is 3.10 bits per heavy atom. The van der Waals surface area contributed by atoms with E-state index in [2.05, 4.69) is 20.9 Å². The predicted molar refractivity (Wildman–Crippen MR) is 72.0 cm³/mol. The van der Waals surface area contributed by atoms with Crippen LogP contribution in [-0.4, -0.2) is 48.0 Å². The molecule has 1 fully saturated rings. The highest BCUT2D eigenvalue weighted by atomic mass is 16.6. The van der Waals surface area contributed by atoms with Crippen LogP contribution in [0.25, 0.3) is 11.2 Å². The first-order valence-corrected chi connectivity index (χ1v) is 6.17. The zero-order valence-electron chi connectivity index (χ0n) is 10.9. The molecule has 9 nitrogen and oxygen atoms in total. The predicted octanol–water partition coefficient (Wildman–Crippen LogP) is -1.65. The number of nitrogens with two attached hydrogens (primary N) is 1. The average Bonchev–Trinajstić information content (AvgIpc) is 3.00. The first-order valence-electron chi connectivity index (χ1n) is 6.17. The number of nitrogen functional groups attached to an aromatic ring is 1. The molecule has 1 saturated heterocycles. The quantitative estimate of drug-likeness (QED) is 0.486. The van der Waals surface area contributed by atoms with Crippen molar-refractivity contribution in [1.29, 1.82) is 0 Å². The van der Waals surface area contributed by atoms with Crippen molar-refractivity contribution >= 4 is 17.1 Å². The standard InChI is InChI=1S/C12H13N5O4/c1-2-12(4-18)6(19)3-7(21-12)17-5-14-8-9(17)15-11(13)16-10(8)20/h1,5-7,18-19H,3-4H2,(H3,13,15,16,20)/t6-,7-,12-/m1/s1. The van der Waals surface area contributed by atoms with Gasteiger partial charge in [0.25, 0.3) is 5.56 Å². The van der Waals surface area contributed by atoms with Crippen LogP contribution in [-0.2, 0) is 4.74 Å². The number of imidazole rings is 1. The summed E-state index contributed by atoms with van der Waals surface area (Å²) in [5.41, 5.74) is 3.89. The average molecular weight is 291 g/mol. The molecule has 5 N–H and O–H groups in total. The van der Waals surface area contributed by atoms with Crippen LogP contribution < -0.4 is 11.3 Å². The topological polar surface area (TPSA) is 139 Å². The highest BCUT2D eigenvalue weighted by Crippen LogP contribution is 2.37. The maximum atomic E-state index is 11.7. The van der Waals surface area contributed by atoms with E-state index in [4.69, 9.17) is 16.9 Å². The van der Waals surface area contributed by atoms with Crippen molar-refractivity contribution in [1.82, 2.24) is 19.5 Å². The summed E-state index contributed by atoms with van der Waals surface area (Å²) in [5.74, 6) is 2.21. The highest BCUT2D eigenvalue weighted by Gasteiger charge is 2.47. The summed E-state index contributed by atoms with van der Waals surface area (Å²) in [6.07, 6.45) is 5.07. The van der Waals surface area contributed by atoms with E-state index < -0.39 is 30.1 Å². The molecule has 0 saturated carbocycles. The van der Waals surface area contributed by atoms with Crippen molar-refractivity contribution in [3.8, 4) is 12.3 Å². The van der Waals surface area contributed by atoms with E-state index in [1.165, 1.54) is 10.9 Å². The fraction of sp³-hybridized carbons (Fsp3) is 0.417. The molecule has 3 atom stereocenters. The first kappa shape index (κ1) is 13.6. The van der Waals surface area contributed by atoms with Crippen molar-refractivity contribution in [2.45, 2.75) is 24.4 Å². The zero-order valence-corrected chi connectivity index (χ0v) is 10.9. The molecule has 0 spiro atoms. The van der Waals surface area contributed by atoms with Crippen LogP contribution in [0.5, 0.6) is 0 Å². The number of anilines is 1. The van der Waals surface area contributed by atoms with Gasteiger partial charge in [0, 0.05) is 6.42 Å². The summed E-state index contributed by atoms with van der Waals surface area (Å²) in [6.45, 7) is -0.524. The molecule has 0 radical (unpaired) electrons. The number of aliphatic hydroxyl groups excluding tert-OH is 2. The molecule has 0 unspecified atom stereocenters. The van der Waals surface area contributed by atoms with Gasteiger partial charge in [-0.3, -0.25) is 14.3 Å². The molecule has 0 bridgehead atoms. The Hall–Kier alpha value is -2.41. The third kappa shape index (κ3) is 1.89. The summed E-state index contributed by atoms with van der Waals surface area (Å²) in [7, 11) is 0. The maximum absolute atomic E-state index is 11.7. The molecule has 0 amide bonds. The number of rotatable bonds is 2. The van der Waals surface area contributed by atoms with Gasteiger partial charge in [-0.25, -0.2) is 4.98 Å². The van der Waals surface area contributed by atoms with E-state index in [9.17, 15) is 15.0 Å². The second kappa shape index (κ2) is 4.56. The van der Waals surface area contributed by atoms with Crippen LogP contribution in [0, 0.1) is 12.3 Å². The summed E-state index contributed by atoms with van der Waals surface area (Å²) >= 11 is 0. The van der Waals surface area contributed by atoms with Gasteiger partial charge >= 0.3 is 0 Å². The van der Waals surface area contributed by atoms with Gasteiger partial charge in [0.1, 0.15) is 12.3 Å². The number of aromatic amines is 1. The monoisotopic (exact) mass is 291 g/mol. The smallest absolute Gasteiger partial charge is 0.280 e. The van der Waals surface area contributed by atoms with Gasteiger partial charge in [-0.1, -0.05) is 5.92 Å². The summed E-state index contributed by atoms with van der Waals surface area (Å²) < 4.78 is 7.04. The van der Waals surface area contributed by atoms with Gasteiger partial charge in [-0.2, -0.15) is 4.98 Å². The normalized spacial score (nSPS) is 28.8. The van der Waals surface area contributed by atoms with E-state index >= 15 is 0 Å². The molecule has 3 heterocycles. The molecular formula is C12H13N5O4. The first-order chi connectivity index (χ1) is 10.0. The van der Waals surface area contributed by atoms with E-state index in [1.807, 2.05) is 0 Å². The number of terminal acetylenes is 1. The van der Waals surface area contributed by atoms with Crippen molar-refractivity contribution < 1.29 is 14.9 Å². The van der Waals surface area contributed by atoms with Gasteiger partial charge in [0.2, 0.25) is 5.95 Å². The number of H-pyrrole nitrogens is 1. The molecule has 9 heteroatoms. The van der Waals surface area contributed by atoms with E-state index in [-0.39, 0.29) is 23.5 Å². The van der Waals surface area contributed by atoms with E-state index in [0.717, 1.165) is 0 Å². The lowest BCUT2D eigenvalue weighted by Crippen LogP contribution is -2.41. The Labute approximate surface area is 118 Å². The molecule has 0 aromatic carbocycles. The Morgan fingerprint density at radius 2 is 2.48 bits per heavy atom. The Bertz CT molecular complexity index is 791. The lowest BCUT2D eigenvalue weighted by Gasteiger charge is -2.23. The second-order valence-corrected chi connectivity index (χ2v) is 4.79. The number of aliphatic hydroxyl groups is 2. The Morgan fingerprint density at radius 1 is 1.71 bits per heavy atom. The number of nitrogens with one attached hydrogen (secondary N) is 1. The SMILES string of the molecule is C#C[C@]1(CO)O[C@@H](n2cnc3c(=O)[nH]c(N)nc32)C[C@H]1O. The molecule has 0 aliphatic carbocycles. The highest BCUT2D eigenvalue weighted by molar-refractivity contribution is 5.70. The molecule has 1 aliphatic rings. The number of fused-ring (bicyclic) bond motifs is 1. The lowest BCUT2D eigenvalue weighted by molar-refractivity contribution is -0.0891. The van der Waals surface area contributed by atoms with Gasteiger partial charge in [0.05, 0.1) is 12.9 Å². The third-order valence-electron chi connectivity index (χ3n) is 3.55. The minimum absolute atomic E-state index is 0.0573. The van der Waals surface area contributed by atoms with Gasteiger partial charge in [-0.15, -0.1) is 6.42 Å². The summed E-state index contributed by atoms with van der Waals surface area (Å²) in [5, 5.41) is 19.4. The van der Waals surface area contributed by atoms with Gasteiger partial charge in [0.15, 0.2) is 16.8 Å². The molecule has 2 aromatic heterocycles. The lowest BCUT2D eigenvalue weighted by atomic mass is 9.99. The zero-order chi connectivity index (χ0) is 15.2. The van der Waals surface area contributed by atoms with Crippen molar-refractivity contribution in [2.75, 3.05) is 12.3 Å². The number of hydrogen-bond acceptors (Lipinski definition) is 7. The van der Waals surface area contributed by atoms with Crippen molar-refractivity contribution in [2.24, 2.45) is 0 Å². The Balaban J connectivity index is 2.07. The van der Waals surface area contributed by atoms with Crippen LogP contribution in [0.2, 0.25) is 0 Å². The fourth-order valence-electron chi connectivity index (χ4n) is 2.39.